The Bertz CT molecular complexity index is 1360. The molecule has 0 saturated heterocycles. The van der Waals surface area contributed by atoms with E-state index in [9.17, 15) is 4.79 Å². The normalized spacial score (nSPS) is 14.7. The van der Waals surface area contributed by atoms with Crippen molar-refractivity contribution < 1.29 is 9.53 Å². The van der Waals surface area contributed by atoms with Gasteiger partial charge in [0.2, 0.25) is 5.95 Å². The molecule has 3 aromatic carbocycles. The van der Waals surface area contributed by atoms with Crippen LogP contribution >= 0.6 is 0 Å². The first-order chi connectivity index (χ1) is 17.1. The van der Waals surface area contributed by atoms with Crippen LogP contribution in [0.4, 0.5) is 5.95 Å². The van der Waals surface area contributed by atoms with Crippen LogP contribution in [0, 0.1) is 6.92 Å². The van der Waals surface area contributed by atoms with E-state index in [2.05, 4.69) is 39.8 Å². The molecule has 2 heterocycles. The van der Waals surface area contributed by atoms with Crippen LogP contribution in [0.15, 0.2) is 96.5 Å². The lowest BCUT2D eigenvalue weighted by Crippen LogP contribution is -2.34. The van der Waals surface area contributed by atoms with Crippen LogP contribution in [0.2, 0.25) is 0 Å². The van der Waals surface area contributed by atoms with Gasteiger partial charge in [0.25, 0.3) is 5.91 Å². The largest absolute Gasteiger partial charge is 0.489 e. The lowest BCUT2D eigenvalue weighted by atomic mass is 9.95. The van der Waals surface area contributed by atoms with E-state index < -0.39 is 6.04 Å². The van der Waals surface area contributed by atoms with E-state index in [1.807, 2.05) is 73.7 Å². The van der Waals surface area contributed by atoms with Crippen molar-refractivity contribution in [3.05, 3.63) is 119 Å². The van der Waals surface area contributed by atoms with E-state index in [-0.39, 0.29) is 5.91 Å². The van der Waals surface area contributed by atoms with Crippen molar-refractivity contribution in [3.8, 4) is 5.75 Å². The molecule has 1 aromatic heterocycles. The summed E-state index contributed by atoms with van der Waals surface area (Å²) in [5.74, 6) is 1.22. The molecule has 4 aromatic rings. The third-order valence-corrected chi connectivity index (χ3v) is 6.19. The van der Waals surface area contributed by atoms with Gasteiger partial charge in [-0.05, 0) is 48.2 Å². The van der Waals surface area contributed by atoms with Crippen LogP contribution in [0.5, 0.6) is 5.75 Å². The number of aryl methyl sites for hydroxylation is 1. The molecule has 0 spiro atoms. The van der Waals surface area contributed by atoms with Gasteiger partial charge in [-0.25, -0.2) is 4.68 Å². The van der Waals surface area contributed by atoms with Crippen LogP contribution in [-0.2, 0) is 17.9 Å². The van der Waals surface area contributed by atoms with Gasteiger partial charge in [-0.2, -0.15) is 10.1 Å². The average Bonchev–Trinajstić information content (AvgIpc) is 3.35. The van der Waals surface area contributed by atoms with E-state index in [0.29, 0.717) is 24.7 Å². The van der Waals surface area contributed by atoms with Crippen molar-refractivity contribution in [1.29, 1.82) is 0 Å². The van der Waals surface area contributed by atoms with Gasteiger partial charge in [-0.1, -0.05) is 66.7 Å². The molecule has 1 aliphatic rings. The summed E-state index contributed by atoms with van der Waals surface area (Å²) < 4.78 is 7.76. The zero-order valence-corrected chi connectivity index (χ0v) is 19.7. The molecular weight excluding hydrogens is 438 g/mol. The molecule has 0 aliphatic carbocycles. The second-order valence-electron chi connectivity index (χ2n) is 8.55. The number of ether oxygens (including phenoxy) is 1. The third-order valence-electron chi connectivity index (χ3n) is 6.19. The second kappa shape index (κ2) is 9.85. The maximum absolute atomic E-state index is 13.4. The molecule has 7 nitrogen and oxygen atoms in total. The fourth-order valence-corrected chi connectivity index (χ4v) is 4.25. The summed E-state index contributed by atoms with van der Waals surface area (Å²) in [4.78, 5) is 17.7. The number of rotatable bonds is 7. The van der Waals surface area contributed by atoms with Crippen LogP contribution in [0.3, 0.4) is 0 Å². The summed E-state index contributed by atoms with van der Waals surface area (Å²) in [5, 5.41) is 10.7. The van der Waals surface area contributed by atoms with Crippen molar-refractivity contribution in [2.24, 2.45) is 0 Å². The SMILES string of the molecule is CC1=C(C(=O)NCc2ccccc2)[C@H](c2ccc(OCc3ccccc3C)cc2)n2ncnc2N1. The lowest BCUT2D eigenvalue weighted by molar-refractivity contribution is -0.118. The van der Waals surface area contributed by atoms with Gasteiger partial charge in [0, 0.05) is 12.2 Å². The van der Waals surface area contributed by atoms with Crippen molar-refractivity contribution in [2.75, 3.05) is 5.32 Å². The van der Waals surface area contributed by atoms with Gasteiger partial charge < -0.3 is 15.4 Å². The van der Waals surface area contributed by atoms with Crippen molar-refractivity contribution in [1.82, 2.24) is 20.1 Å². The maximum atomic E-state index is 13.4. The summed E-state index contributed by atoms with van der Waals surface area (Å²) in [6.45, 7) is 4.91. The molecule has 0 bridgehead atoms. The van der Waals surface area contributed by atoms with Crippen LogP contribution in [0.25, 0.3) is 0 Å². The minimum atomic E-state index is -0.407. The van der Waals surface area contributed by atoms with Gasteiger partial charge in [-0.3, -0.25) is 4.79 Å². The Morgan fingerprint density at radius 3 is 2.51 bits per heavy atom. The minimum absolute atomic E-state index is 0.148. The van der Waals surface area contributed by atoms with E-state index >= 15 is 0 Å². The zero-order chi connectivity index (χ0) is 24.2. The number of carbonyl (C=O) groups is 1. The first kappa shape index (κ1) is 22.4. The van der Waals surface area contributed by atoms with Crippen LogP contribution in [-0.4, -0.2) is 20.7 Å². The standard InChI is InChI=1S/C28H27N5O2/c1-19-8-6-7-11-23(19)17-35-24-14-12-22(13-15-24)26-25(20(2)32-28-30-18-31-33(26)28)27(34)29-16-21-9-4-3-5-10-21/h3-15,18,26H,16-17H2,1-2H3,(H,29,34)(H,30,31,32)/t26-/m0/s1. The molecule has 1 aliphatic heterocycles. The fraction of sp³-hybridized carbons (Fsp3) is 0.179. The number of amides is 1. The number of fused-ring (bicyclic) bond motifs is 1. The molecule has 2 N–H and O–H groups in total. The minimum Gasteiger partial charge on any atom is -0.489 e. The molecule has 1 atom stereocenters. The summed E-state index contributed by atoms with van der Waals surface area (Å²) in [6, 6.07) is 25.5. The summed E-state index contributed by atoms with van der Waals surface area (Å²) in [6.07, 6.45) is 1.49. The number of anilines is 1. The molecule has 5 rings (SSSR count). The number of aromatic nitrogens is 3. The van der Waals surface area contributed by atoms with Gasteiger partial charge in [0.15, 0.2) is 0 Å². The molecule has 35 heavy (non-hydrogen) atoms. The molecule has 0 radical (unpaired) electrons. The number of nitrogens with one attached hydrogen (secondary N) is 2. The van der Waals surface area contributed by atoms with E-state index in [1.165, 1.54) is 11.9 Å². The Hall–Kier alpha value is -4.39. The molecule has 0 unspecified atom stereocenters. The van der Waals surface area contributed by atoms with Gasteiger partial charge in [0.1, 0.15) is 24.7 Å². The van der Waals surface area contributed by atoms with E-state index in [4.69, 9.17) is 4.74 Å². The summed E-state index contributed by atoms with van der Waals surface area (Å²) >= 11 is 0. The van der Waals surface area contributed by atoms with Gasteiger partial charge in [0.05, 0.1) is 5.57 Å². The van der Waals surface area contributed by atoms with Crippen LogP contribution < -0.4 is 15.4 Å². The number of nitrogens with zero attached hydrogens (tertiary/aromatic N) is 3. The summed E-state index contributed by atoms with van der Waals surface area (Å²) in [7, 11) is 0. The highest BCUT2D eigenvalue weighted by atomic mass is 16.5. The Morgan fingerprint density at radius 1 is 1.00 bits per heavy atom. The Labute approximate surface area is 204 Å². The Balaban J connectivity index is 1.38. The Morgan fingerprint density at radius 2 is 1.74 bits per heavy atom. The van der Waals surface area contributed by atoms with Crippen molar-refractivity contribution >= 4 is 11.9 Å². The number of carbonyl (C=O) groups excluding carboxylic acids is 1. The molecular formula is C28H27N5O2. The van der Waals surface area contributed by atoms with Gasteiger partial charge >= 0.3 is 0 Å². The topological polar surface area (TPSA) is 81.1 Å². The monoisotopic (exact) mass is 465 g/mol. The fourth-order valence-electron chi connectivity index (χ4n) is 4.25. The maximum Gasteiger partial charge on any atom is 0.251 e. The van der Waals surface area contributed by atoms with E-state index in [0.717, 1.165) is 28.1 Å². The van der Waals surface area contributed by atoms with Crippen molar-refractivity contribution in [3.63, 3.8) is 0 Å². The molecule has 1 amide bonds. The van der Waals surface area contributed by atoms with Crippen molar-refractivity contribution in [2.45, 2.75) is 33.0 Å². The summed E-state index contributed by atoms with van der Waals surface area (Å²) in [5.41, 5.74) is 5.66. The highest BCUT2D eigenvalue weighted by molar-refractivity contribution is 5.96. The number of hydrogen-bond acceptors (Lipinski definition) is 5. The smallest absolute Gasteiger partial charge is 0.251 e. The highest BCUT2D eigenvalue weighted by Crippen LogP contribution is 2.35. The molecule has 176 valence electrons. The Kier molecular flexibility index (Phi) is 6.30. The highest BCUT2D eigenvalue weighted by Gasteiger charge is 2.33. The molecule has 7 heteroatoms. The number of benzene rings is 3. The quantitative estimate of drug-likeness (QED) is 0.411. The molecule has 0 fully saturated rings. The van der Waals surface area contributed by atoms with Crippen LogP contribution in [0.1, 0.15) is 35.2 Å². The first-order valence-corrected chi connectivity index (χ1v) is 11.6. The second-order valence-corrected chi connectivity index (χ2v) is 8.55. The van der Waals surface area contributed by atoms with Gasteiger partial charge in [-0.15, -0.1) is 0 Å². The predicted octanol–water partition coefficient (Wildman–Crippen LogP) is 4.77. The van der Waals surface area contributed by atoms with E-state index in [1.54, 1.807) is 4.68 Å². The lowest BCUT2D eigenvalue weighted by Gasteiger charge is -2.28. The molecule has 0 saturated carbocycles. The predicted molar refractivity (Wildman–Crippen MR) is 135 cm³/mol. The zero-order valence-electron chi connectivity index (χ0n) is 19.7. The third kappa shape index (κ3) is 4.80. The average molecular weight is 466 g/mol. The first-order valence-electron chi connectivity index (χ1n) is 11.6. The number of allylic oxidation sites excluding steroid dienone is 1. The number of hydrogen-bond donors (Lipinski definition) is 2.